The molecule has 0 aliphatic carbocycles. The van der Waals surface area contributed by atoms with Crippen LogP contribution in [0.15, 0.2) is 30.5 Å². The van der Waals surface area contributed by atoms with Crippen molar-refractivity contribution < 1.29 is 0 Å². The van der Waals surface area contributed by atoms with Crippen molar-refractivity contribution in [3.63, 3.8) is 0 Å². The molecule has 0 aromatic carbocycles. The van der Waals surface area contributed by atoms with Crippen LogP contribution in [0.25, 0.3) is 0 Å². The third-order valence-corrected chi connectivity index (χ3v) is 2.49. The summed E-state index contributed by atoms with van der Waals surface area (Å²) in [5.41, 5.74) is 2.81. The van der Waals surface area contributed by atoms with Gasteiger partial charge in [-0.2, -0.15) is 0 Å². The van der Waals surface area contributed by atoms with Crippen LogP contribution in [0.5, 0.6) is 0 Å². The maximum atomic E-state index is 3.56. The summed E-state index contributed by atoms with van der Waals surface area (Å²) in [7, 11) is 0. The van der Waals surface area contributed by atoms with Crippen LogP contribution in [0.1, 0.15) is 64.7 Å². The summed E-state index contributed by atoms with van der Waals surface area (Å²) >= 11 is 0. The Kier molecular flexibility index (Phi) is 12.6. The molecule has 0 spiro atoms. The van der Waals surface area contributed by atoms with E-state index in [1.165, 1.54) is 51.4 Å². The fourth-order valence-corrected chi connectivity index (χ4v) is 1.54. The molecule has 86 valence electrons. The van der Waals surface area contributed by atoms with E-state index in [2.05, 4.69) is 31.4 Å². The zero-order valence-electron chi connectivity index (χ0n) is 10.3. The van der Waals surface area contributed by atoms with Gasteiger partial charge in [-0.15, -0.1) is 5.73 Å². The lowest BCUT2D eigenvalue weighted by Gasteiger charge is -1.97. The van der Waals surface area contributed by atoms with Crippen LogP contribution >= 0.6 is 0 Å². The molecular formula is C15H26. The van der Waals surface area contributed by atoms with Gasteiger partial charge in [-0.25, -0.2) is 0 Å². The number of rotatable bonds is 10. The van der Waals surface area contributed by atoms with Crippen molar-refractivity contribution in [1.82, 2.24) is 0 Å². The SMILES string of the molecule is C=C=CCCCCCCCC=CCCC. The van der Waals surface area contributed by atoms with Gasteiger partial charge in [-0.05, 0) is 38.2 Å². The molecule has 0 saturated carbocycles. The average Bonchev–Trinajstić information content (AvgIpc) is 2.26. The summed E-state index contributed by atoms with van der Waals surface area (Å²) in [6, 6.07) is 0. The van der Waals surface area contributed by atoms with Gasteiger partial charge in [0.15, 0.2) is 0 Å². The van der Waals surface area contributed by atoms with Gasteiger partial charge >= 0.3 is 0 Å². The third kappa shape index (κ3) is 13.3. The smallest absolute Gasteiger partial charge is 0.0275 e. The standard InChI is InChI=1S/C15H26/c1-3-5-7-9-11-13-15-14-12-10-8-6-4-2/h5,8,10H,1,4,6-7,9,11-15H2,2H3. The topological polar surface area (TPSA) is 0 Å². The normalized spacial score (nSPS) is 10.5. The van der Waals surface area contributed by atoms with Crippen molar-refractivity contribution in [2.75, 3.05) is 0 Å². The molecule has 0 aromatic rings. The van der Waals surface area contributed by atoms with Crippen LogP contribution in [0.4, 0.5) is 0 Å². The molecule has 0 bridgehead atoms. The maximum absolute atomic E-state index is 3.56. The van der Waals surface area contributed by atoms with E-state index < -0.39 is 0 Å². The highest BCUT2D eigenvalue weighted by molar-refractivity contribution is 4.80. The molecule has 0 rings (SSSR count). The van der Waals surface area contributed by atoms with Crippen molar-refractivity contribution in [3.8, 4) is 0 Å². The van der Waals surface area contributed by atoms with Crippen LogP contribution in [0, 0.1) is 0 Å². The number of hydrogen-bond donors (Lipinski definition) is 0. The lowest BCUT2D eigenvalue weighted by atomic mass is 10.1. The zero-order chi connectivity index (χ0) is 11.2. The molecule has 0 aliphatic rings. The van der Waals surface area contributed by atoms with E-state index in [4.69, 9.17) is 0 Å². The Hall–Kier alpha value is -0.740. The molecule has 0 amide bonds. The lowest BCUT2D eigenvalue weighted by Crippen LogP contribution is -1.78. The van der Waals surface area contributed by atoms with E-state index in [1.54, 1.807) is 0 Å². The number of allylic oxidation sites excluding steroid dienone is 3. The first-order valence-corrected chi connectivity index (χ1v) is 6.41. The molecule has 15 heavy (non-hydrogen) atoms. The summed E-state index contributed by atoms with van der Waals surface area (Å²) < 4.78 is 0. The fourth-order valence-electron chi connectivity index (χ4n) is 1.54. The summed E-state index contributed by atoms with van der Waals surface area (Å²) in [6.45, 7) is 5.78. The Morgan fingerprint density at radius 1 is 0.867 bits per heavy atom. The monoisotopic (exact) mass is 206 g/mol. The number of hydrogen-bond acceptors (Lipinski definition) is 0. The van der Waals surface area contributed by atoms with Crippen LogP contribution in [-0.2, 0) is 0 Å². The third-order valence-electron chi connectivity index (χ3n) is 2.49. The van der Waals surface area contributed by atoms with E-state index in [0.29, 0.717) is 0 Å². The highest BCUT2D eigenvalue weighted by atomic mass is 13.9. The van der Waals surface area contributed by atoms with Gasteiger partial charge in [-0.1, -0.05) is 51.3 Å². The predicted molar refractivity (Wildman–Crippen MR) is 70.1 cm³/mol. The van der Waals surface area contributed by atoms with Crippen molar-refractivity contribution in [2.45, 2.75) is 64.7 Å². The van der Waals surface area contributed by atoms with Crippen molar-refractivity contribution in [2.24, 2.45) is 0 Å². The summed E-state index contributed by atoms with van der Waals surface area (Å²) in [5, 5.41) is 0. The Bertz CT molecular complexity index is 182. The van der Waals surface area contributed by atoms with E-state index in [9.17, 15) is 0 Å². The molecule has 0 atom stereocenters. The second kappa shape index (κ2) is 13.3. The Labute approximate surface area is 95.8 Å². The van der Waals surface area contributed by atoms with Crippen molar-refractivity contribution in [3.05, 3.63) is 30.5 Å². The molecule has 0 nitrogen and oxygen atoms in total. The Morgan fingerprint density at radius 2 is 1.47 bits per heavy atom. The van der Waals surface area contributed by atoms with Crippen LogP contribution in [0.2, 0.25) is 0 Å². The maximum Gasteiger partial charge on any atom is -0.0275 e. The quantitative estimate of drug-likeness (QED) is 0.254. The fraction of sp³-hybridized carbons (Fsp3) is 0.667. The van der Waals surface area contributed by atoms with E-state index in [0.717, 1.165) is 6.42 Å². The molecule has 0 radical (unpaired) electrons. The van der Waals surface area contributed by atoms with Gasteiger partial charge in [0, 0.05) is 0 Å². The first kappa shape index (κ1) is 14.3. The second-order valence-corrected chi connectivity index (χ2v) is 4.01. The minimum absolute atomic E-state index is 1.15. The highest BCUT2D eigenvalue weighted by Crippen LogP contribution is 2.07. The average molecular weight is 206 g/mol. The predicted octanol–water partition coefficient (Wildman–Crippen LogP) is 5.41. The van der Waals surface area contributed by atoms with Crippen LogP contribution < -0.4 is 0 Å². The summed E-state index contributed by atoms with van der Waals surface area (Å²) in [5.74, 6) is 0. The van der Waals surface area contributed by atoms with Crippen LogP contribution in [-0.4, -0.2) is 0 Å². The van der Waals surface area contributed by atoms with E-state index in [-0.39, 0.29) is 0 Å². The molecule has 0 fully saturated rings. The molecule has 0 aromatic heterocycles. The Balaban J connectivity index is 3.01. The van der Waals surface area contributed by atoms with Gasteiger partial charge in [0.2, 0.25) is 0 Å². The van der Waals surface area contributed by atoms with Crippen molar-refractivity contribution >= 4 is 0 Å². The summed E-state index contributed by atoms with van der Waals surface area (Å²) in [6.07, 6.45) is 18.4. The molecule has 0 aliphatic heterocycles. The lowest BCUT2D eigenvalue weighted by molar-refractivity contribution is 0.621. The molecule has 0 unspecified atom stereocenters. The number of unbranched alkanes of at least 4 members (excludes halogenated alkanes) is 7. The first-order valence-electron chi connectivity index (χ1n) is 6.41. The largest absolute Gasteiger partial charge is 0.133 e. The Morgan fingerprint density at radius 3 is 2.13 bits per heavy atom. The molecular weight excluding hydrogens is 180 g/mol. The minimum atomic E-state index is 1.15. The van der Waals surface area contributed by atoms with Gasteiger partial charge in [-0.3, -0.25) is 0 Å². The van der Waals surface area contributed by atoms with Crippen LogP contribution in [0.3, 0.4) is 0 Å². The molecule has 0 N–H and O–H groups in total. The van der Waals surface area contributed by atoms with Crippen molar-refractivity contribution in [1.29, 1.82) is 0 Å². The van der Waals surface area contributed by atoms with E-state index >= 15 is 0 Å². The van der Waals surface area contributed by atoms with Gasteiger partial charge in [0.05, 0.1) is 0 Å². The van der Waals surface area contributed by atoms with Gasteiger partial charge in [0.25, 0.3) is 0 Å². The minimum Gasteiger partial charge on any atom is -0.133 e. The second-order valence-electron chi connectivity index (χ2n) is 4.01. The molecule has 0 saturated heterocycles. The van der Waals surface area contributed by atoms with E-state index in [1.807, 2.05) is 6.08 Å². The summed E-state index contributed by atoms with van der Waals surface area (Å²) in [4.78, 5) is 0. The first-order chi connectivity index (χ1) is 7.41. The molecule has 0 heteroatoms. The highest BCUT2D eigenvalue weighted by Gasteiger charge is 1.88. The zero-order valence-corrected chi connectivity index (χ0v) is 10.3. The van der Waals surface area contributed by atoms with Gasteiger partial charge < -0.3 is 0 Å². The van der Waals surface area contributed by atoms with Gasteiger partial charge in [0.1, 0.15) is 0 Å². The molecule has 0 heterocycles.